The Balaban J connectivity index is 0.00000116. The average molecular weight is 335 g/mol. The Morgan fingerprint density at radius 3 is 2.14 bits per heavy atom. The van der Waals surface area contributed by atoms with Gasteiger partial charge in [0.1, 0.15) is 0 Å². The maximum atomic E-state index is 11.4. The molecule has 0 aliphatic heterocycles. The van der Waals surface area contributed by atoms with Gasteiger partial charge in [0.25, 0.3) is 0 Å². The first-order valence-corrected chi connectivity index (χ1v) is 8.97. The van der Waals surface area contributed by atoms with Crippen molar-refractivity contribution in [2.45, 2.75) is 28.5 Å². The van der Waals surface area contributed by atoms with Gasteiger partial charge in [-0.15, -0.1) is 11.8 Å². The van der Waals surface area contributed by atoms with Crippen LogP contribution in [0.5, 0.6) is 0 Å². The summed E-state index contributed by atoms with van der Waals surface area (Å²) >= 11 is 3.28. The molecular weight excluding hydrogens is 314 g/mol. The van der Waals surface area contributed by atoms with E-state index in [-0.39, 0.29) is 5.97 Å². The summed E-state index contributed by atoms with van der Waals surface area (Å²) in [7, 11) is 1.38. The van der Waals surface area contributed by atoms with E-state index in [1.165, 1.54) is 7.11 Å². The van der Waals surface area contributed by atoms with E-state index in [1.807, 2.05) is 44.4 Å². The lowest BCUT2D eigenvalue weighted by Crippen LogP contribution is -2.00. The van der Waals surface area contributed by atoms with Crippen LogP contribution in [-0.4, -0.2) is 19.3 Å². The highest BCUT2D eigenvalue weighted by atomic mass is 32.2. The van der Waals surface area contributed by atoms with Crippen LogP contribution in [0.25, 0.3) is 0 Å². The molecule has 2 rings (SSSR count). The van der Waals surface area contributed by atoms with Crippen molar-refractivity contribution in [2.24, 2.45) is 0 Å². The zero-order valence-corrected chi connectivity index (χ0v) is 14.9. The van der Waals surface area contributed by atoms with E-state index < -0.39 is 0 Å². The van der Waals surface area contributed by atoms with Crippen molar-refractivity contribution in [3.63, 3.8) is 0 Å². The lowest BCUT2D eigenvalue weighted by Gasteiger charge is -2.06. The Bertz CT molecular complexity index is 613. The molecule has 0 saturated carbocycles. The van der Waals surface area contributed by atoms with Crippen molar-refractivity contribution in [1.82, 2.24) is 0 Å². The molecule has 2 aromatic carbocycles. The molecule has 118 valence electrons. The number of carbonyl (C=O) groups excluding carboxylic acids is 1. The second kappa shape index (κ2) is 9.43. The molecule has 0 unspecified atom stereocenters. The first-order valence-electron chi connectivity index (χ1n) is 6.93. The van der Waals surface area contributed by atoms with Gasteiger partial charge in [-0.25, -0.2) is 4.79 Å². The summed E-state index contributed by atoms with van der Waals surface area (Å²) in [4.78, 5) is 14.6. The summed E-state index contributed by atoms with van der Waals surface area (Å²) in [6.07, 6.45) is 2.02. The smallest absolute Gasteiger partial charge is 0.337 e. The van der Waals surface area contributed by atoms with E-state index in [9.17, 15) is 4.79 Å². The van der Waals surface area contributed by atoms with Gasteiger partial charge in [0.2, 0.25) is 0 Å². The van der Waals surface area contributed by atoms with E-state index in [4.69, 9.17) is 5.73 Å². The molecule has 0 aliphatic rings. The van der Waals surface area contributed by atoms with Crippen LogP contribution in [0.3, 0.4) is 0 Å². The van der Waals surface area contributed by atoms with Crippen LogP contribution in [0, 0.1) is 0 Å². The summed E-state index contributed by atoms with van der Waals surface area (Å²) in [6.45, 7) is 4.00. The van der Waals surface area contributed by atoms with Crippen molar-refractivity contribution < 1.29 is 9.53 Å². The predicted molar refractivity (Wildman–Crippen MR) is 95.9 cm³/mol. The van der Waals surface area contributed by atoms with E-state index in [1.54, 1.807) is 35.7 Å². The van der Waals surface area contributed by atoms with Crippen LogP contribution in [0.15, 0.2) is 57.2 Å². The van der Waals surface area contributed by atoms with Crippen molar-refractivity contribution in [1.29, 1.82) is 0 Å². The number of ether oxygens (including phenoxy) is 1. The summed E-state index contributed by atoms with van der Waals surface area (Å²) in [5.41, 5.74) is 7.19. The van der Waals surface area contributed by atoms with Crippen molar-refractivity contribution in [2.75, 3.05) is 19.1 Å². The number of anilines is 1. The Morgan fingerprint density at radius 1 is 1.00 bits per heavy atom. The third-order valence-electron chi connectivity index (χ3n) is 2.65. The topological polar surface area (TPSA) is 52.3 Å². The minimum atomic E-state index is -0.324. The Hall–Kier alpha value is -1.59. The Morgan fingerprint density at radius 2 is 1.59 bits per heavy atom. The van der Waals surface area contributed by atoms with Gasteiger partial charge in [-0.1, -0.05) is 25.6 Å². The first-order chi connectivity index (χ1) is 10.6. The SMILES string of the molecule is CC.COC(=O)c1ccc(Sc2cc(N)cc(SC)c2)cc1. The largest absolute Gasteiger partial charge is 0.465 e. The molecule has 0 saturated heterocycles. The highest BCUT2D eigenvalue weighted by molar-refractivity contribution is 7.99. The third kappa shape index (κ3) is 5.31. The van der Waals surface area contributed by atoms with Gasteiger partial charge in [-0.3, -0.25) is 0 Å². The molecule has 2 N–H and O–H groups in total. The number of nitrogens with two attached hydrogens (primary N) is 1. The molecule has 0 amide bonds. The normalized spacial score (nSPS) is 9.64. The number of esters is 1. The monoisotopic (exact) mass is 335 g/mol. The fourth-order valence-corrected chi connectivity index (χ4v) is 3.18. The number of rotatable bonds is 4. The zero-order chi connectivity index (χ0) is 16.5. The van der Waals surface area contributed by atoms with E-state index >= 15 is 0 Å². The van der Waals surface area contributed by atoms with Crippen molar-refractivity contribution >= 4 is 35.2 Å². The maximum Gasteiger partial charge on any atom is 0.337 e. The highest BCUT2D eigenvalue weighted by Gasteiger charge is 2.06. The molecule has 0 aromatic heterocycles. The van der Waals surface area contributed by atoms with Gasteiger partial charge in [0, 0.05) is 20.4 Å². The zero-order valence-electron chi connectivity index (χ0n) is 13.3. The summed E-state index contributed by atoms with van der Waals surface area (Å²) in [6, 6.07) is 13.3. The Labute approximate surface area is 140 Å². The van der Waals surface area contributed by atoms with Crippen LogP contribution >= 0.6 is 23.5 Å². The maximum absolute atomic E-state index is 11.4. The molecule has 22 heavy (non-hydrogen) atoms. The molecule has 0 atom stereocenters. The lowest BCUT2D eigenvalue weighted by molar-refractivity contribution is 0.0600. The fraction of sp³-hybridized carbons (Fsp3) is 0.235. The van der Waals surface area contributed by atoms with Crippen LogP contribution in [0.2, 0.25) is 0 Å². The van der Waals surface area contributed by atoms with Crippen LogP contribution in [0.1, 0.15) is 24.2 Å². The standard InChI is InChI=1S/C15H15NO2S2.C2H6/c1-18-15(17)10-3-5-12(6-4-10)20-14-8-11(16)7-13(9-14)19-2;1-2/h3-9H,16H2,1-2H3;1-2H3. The van der Waals surface area contributed by atoms with Crippen molar-refractivity contribution in [3.8, 4) is 0 Å². The second-order valence-corrected chi connectivity index (χ2v) is 6.09. The number of nitrogen functional groups attached to an aromatic ring is 1. The minimum absolute atomic E-state index is 0.324. The van der Waals surface area contributed by atoms with E-state index in [0.29, 0.717) is 5.56 Å². The molecule has 5 heteroatoms. The minimum Gasteiger partial charge on any atom is -0.465 e. The average Bonchev–Trinajstić information content (AvgIpc) is 2.56. The number of methoxy groups -OCH3 is 1. The molecule has 2 aromatic rings. The number of hydrogen-bond donors (Lipinski definition) is 1. The van der Waals surface area contributed by atoms with Crippen molar-refractivity contribution in [3.05, 3.63) is 48.0 Å². The fourth-order valence-electron chi connectivity index (χ4n) is 1.68. The van der Waals surface area contributed by atoms with Gasteiger partial charge in [-0.2, -0.15) is 0 Å². The first kappa shape index (κ1) is 18.5. The Kier molecular flexibility index (Phi) is 7.91. The molecule has 0 heterocycles. The highest BCUT2D eigenvalue weighted by Crippen LogP contribution is 2.32. The molecule has 0 fully saturated rings. The number of thioether (sulfide) groups is 1. The molecule has 0 radical (unpaired) electrons. The lowest BCUT2D eigenvalue weighted by atomic mass is 10.2. The molecular formula is C17H21NO2S2. The van der Waals surface area contributed by atoms with Crippen LogP contribution in [0.4, 0.5) is 5.69 Å². The van der Waals surface area contributed by atoms with Gasteiger partial charge in [-0.05, 0) is 48.7 Å². The summed E-state index contributed by atoms with van der Waals surface area (Å²) in [5, 5.41) is 0. The molecule has 0 bridgehead atoms. The summed E-state index contributed by atoms with van der Waals surface area (Å²) in [5.74, 6) is -0.324. The van der Waals surface area contributed by atoms with Crippen LogP contribution < -0.4 is 5.73 Å². The summed E-state index contributed by atoms with van der Waals surface area (Å²) < 4.78 is 4.68. The number of hydrogen-bond acceptors (Lipinski definition) is 5. The van der Waals surface area contributed by atoms with Crippen LogP contribution in [-0.2, 0) is 4.74 Å². The van der Waals surface area contributed by atoms with Gasteiger partial charge >= 0.3 is 5.97 Å². The quantitative estimate of drug-likeness (QED) is 0.486. The molecule has 0 aliphatic carbocycles. The van der Waals surface area contributed by atoms with E-state index in [0.717, 1.165) is 20.4 Å². The third-order valence-corrected chi connectivity index (χ3v) is 4.34. The molecule has 3 nitrogen and oxygen atoms in total. The van der Waals surface area contributed by atoms with E-state index in [2.05, 4.69) is 10.8 Å². The number of carbonyl (C=O) groups is 1. The predicted octanol–water partition coefficient (Wildman–Crippen LogP) is 4.95. The van der Waals surface area contributed by atoms with Gasteiger partial charge in [0.05, 0.1) is 12.7 Å². The van der Waals surface area contributed by atoms with Gasteiger partial charge < -0.3 is 10.5 Å². The number of benzene rings is 2. The second-order valence-electron chi connectivity index (χ2n) is 4.06. The van der Waals surface area contributed by atoms with Gasteiger partial charge in [0.15, 0.2) is 0 Å². The molecule has 0 spiro atoms.